The van der Waals surface area contributed by atoms with Crippen molar-refractivity contribution < 1.29 is 17.6 Å². The first-order valence-electron chi connectivity index (χ1n) is 5.57. The lowest BCUT2D eigenvalue weighted by Crippen LogP contribution is -2.13. The zero-order valence-corrected chi connectivity index (χ0v) is 10.5. The van der Waals surface area contributed by atoms with Gasteiger partial charge in [0, 0.05) is 19.2 Å². The van der Waals surface area contributed by atoms with Crippen LogP contribution < -0.4 is 0 Å². The van der Waals surface area contributed by atoms with Crippen LogP contribution in [0.4, 0.5) is 17.6 Å². The van der Waals surface area contributed by atoms with E-state index in [4.69, 9.17) is 0 Å². The van der Waals surface area contributed by atoms with E-state index in [0.717, 1.165) is 17.8 Å². The van der Waals surface area contributed by atoms with E-state index >= 15 is 0 Å². The minimum absolute atomic E-state index is 0.148. The quantitative estimate of drug-likeness (QED) is 0.573. The number of benzene rings is 1. The molecule has 0 aliphatic heterocycles. The first-order valence-corrected chi connectivity index (χ1v) is 5.57. The molecule has 1 nitrogen and oxygen atoms in total. The van der Waals surface area contributed by atoms with Crippen LogP contribution in [-0.2, 0) is 12.6 Å². The Kier molecular flexibility index (Phi) is 4.48. The summed E-state index contributed by atoms with van der Waals surface area (Å²) in [5.41, 5.74) is -0.0213. The summed E-state index contributed by atoms with van der Waals surface area (Å²) in [7, 11) is 1.60. The molecule has 0 aliphatic rings. The average molecular weight is 261 g/mol. The molecule has 18 heavy (non-hydrogen) atoms. The molecule has 0 radical (unpaired) electrons. The van der Waals surface area contributed by atoms with Crippen LogP contribution in [0.3, 0.4) is 0 Å². The second kappa shape index (κ2) is 5.50. The third kappa shape index (κ3) is 3.55. The van der Waals surface area contributed by atoms with Crippen molar-refractivity contribution in [3.05, 3.63) is 35.1 Å². The van der Waals surface area contributed by atoms with Crippen LogP contribution in [0.1, 0.15) is 25.0 Å². The molecular formula is C13H15F4N. The van der Waals surface area contributed by atoms with Crippen LogP contribution in [0.25, 0.3) is 0 Å². The molecule has 0 bridgehead atoms. The first-order chi connectivity index (χ1) is 8.25. The van der Waals surface area contributed by atoms with Gasteiger partial charge in [-0.1, -0.05) is 19.9 Å². The lowest BCUT2D eigenvalue weighted by molar-refractivity contribution is -0.140. The molecule has 0 saturated carbocycles. The normalized spacial score (nSPS) is 13.2. The van der Waals surface area contributed by atoms with E-state index < -0.39 is 17.6 Å². The zero-order valence-electron chi connectivity index (χ0n) is 10.5. The highest BCUT2D eigenvalue weighted by atomic mass is 19.4. The van der Waals surface area contributed by atoms with Gasteiger partial charge in [-0.25, -0.2) is 4.39 Å². The van der Waals surface area contributed by atoms with Gasteiger partial charge in [0.15, 0.2) is 0 Å². The minimum Gasteiger partial charge on any atom is -0.297 e. The zero-order chi connectivity index (χ0) is 13.9. The maximum Gasteiger partial charge on any atom is 0.419 e. The molecule has 0 spiro atoms. The Hall–Kier alpha value is -1.39. The van der Waals surface area contributed by atoms with E-state index in [-0.39, 0.29) is 5.92 Å². The summed E-state index contributed by atoms with van der Waals surface area (Å²) in [5.74, 6) is -1.10. The number of nitrogens with zero attached hydrogens (tertiary/aromatic N) is 1. The number of hydrogen-bond acceptors (Lipinski definition) is 1. The molecular weight excluding hydrogens is 246 g/mol. The number of aliphatic imine (C=N–C) groups is 1. The van der Waals surface area contributed by atoms with Crippen molar-refractivity contribution in [1.82, 2.24) is 0 Å². The van der Waals surface area contributed by atoms with Crippen LogP contribution in [0.2, 0.25) is 0 Å². The first kappa shape index (κ1) is 14.7. The molecule has 100 valence electrons. The van der Waals surface area contributed by atoms with E-state index in [1.807, 2.05) is 13.8 Å². The maximum absolute atomic E-state index is 13.1. The lowest BCUT2D eigenvalue weighted by atomic mass is 9.98. The van der Waals surface area contributed by atoms with Crippen LogP contribution in [0.5, 0.6) is 0 Å². The highest BCUT2D eigenvalue weighted by Crippen LogP contribution is 2.32. The number of hydrogen-bond donors (Lipinski definition) is 0. The van der Waals surface area contributed by atoms with E-state index in [0.29, 0.717) is 12.0 Å². The van der Waals surface area contributed by atoms with Crippen molar-refractivity contribution in [1.29, 1.82) is 0 Å². The molecule has 0 unspecified atom stereocenters. The summed E-state index contributed by atoms with van der Waals surface area (Å²) in [5, 5.41) is 0. The minimum atomic E-state index is -4.67. The Morgan fingerprint density at radius 2 is 1.89 bits per heavy atom. The lowest BCUT2D eigenvalue weighted by Gasteiger charge is -2.12. The second-order valence-electron chi connectivity index (χ2n) is 4.36. The topological polar surface area (TPSA) is 12.4 Å². The fraction of sp³-hybridized carbons (Fsp3) is 0.462. The van der Waals surface area contributed by atoms with Gasteiger partial charge in [0.25, 0.3) is 0 Å². The van der Waals surface area contributed by atoms with Gasteiger partial charge in [-0.05, 0) is 23.6 Å². The number of alkyl halides is 3. The second-order valence-corrected chi connectivity index (χ2v) is 4.36. The summed E-state index contributed by atoms with van der Waals surface area (Å²) in [6.07, 6.45) is -4.36. The van der Waals surface area contributed by atoms with Gasteiger partial charge >= 0.3 is 6.18 Å². The van der Waals surface area contributed by atoms with Crippen LogP contribution in [-0.4, -0.2) is 12.8 Å². The van der Waals surface area contributed by atoms with E-state index in [1.165, 1.54) is 6.07 Å². The van der Waals surface area contributed by atoms with Crippen molar-refractivity contribution in [2.24, 2.45) is 10.9 Å². The van der Waals surface area contributed by atoms with Gasteiger partial charge < -0.3 is 0 Å². The standard InChI is InChI=1S/C13H15F4N/c1-8(2)12(18-3)7-9-4-5-11(14)10(6-9)13(15,16)17/h4-6,8H,7H2,1-3H3. The highest BCUT2D eigenvalue weighted by molar-refractivity contribution is 5.88. The van der Waals surface area contributed by atoms with E-state index in [9.17, 15) is 17.6 Å². The molecule has 0 aromatic heterocycles. The Labute approximate surface area is 104 Å². The summed E-state index contributed by atoms with van der Waals surface area (Å²) in [6.45, 7) is 3.83. The predicted octanol–water partition coefficient (Wildman–Crippen LogP) is 4.11. The molecule has 0 atom stereocenters. The third-order valence-electron chi connectivity index (χ3n) is 2.68. The monoisotopic (exact) mass is 261 g/mol. The van der Waals surface area contributed by atoms with E-state index in [2.05, 4.69) is 4.99 Å². The summed E-state index contributed by atoms with van der Waals surface area (Å²) >= 11 is 0. The fourth-order valence-electron chi connectivity index (χ4n) is 1.65. The number of rotatable bonds is 3. The third-order valence-corrected chi connectivity index (χ3v) is 2.68. The Bertz CT molecular complexity index is 447. The molecule has 1 aromatic carbocycles. The molecule has 0 heterocycles. The average Bonchev–Trinajstić information content (AvgIpc) is 2.25. The van der Waals surface area contributed by atoms with Gasteiger partial charge in [-0.2, -0.15) is 13.2 Å². The summed E-state index contributed by atoms with van der Waals surface area (Å²) in [4.78, 5) is 4.04. The van der Waals surface area contributed by atoms with Crippen molar-refractivity contribution in [2.45, 2.75) is 26.4 Å². The Morgan fingerprint density at radius 3 is 2.33 bits per heavy atom. The largest absolute Gasteiger partial charge is 0.419 e. The molecule has 1 aromatic rings. The van der Waals surface area contributed by atoms with Crippen LogP contribution in [0, 0.1) is 11.7 Å². The van der Waals surface area contributed by atoms with Gasteiger partial charge in [0.1, 0.15) is 5.82 Å². The maximum atomic E-state index is 13.1. The molecule has 0 amide bonds. The summed E-state index contributed by atoms with van der Waals surface area (Å²) in [6, 6.07) is 3.06. The molecule has 0 aliphatic carbocycles. The van der Waals surface area contributed by atoms with Gasteiger partial charge in [0.05, 0.1) is 5.56 Å². The van der Waals surface area contributed by atoms with Crippen molar-refractivity contribution in [2.75, 3.05) is 7.05 Å². The molecule has 0 N–H and O–H groups in total. The van der Waals surface area contributed by atoms with Gasteiger partial charge in [0.2, 0.25) is 0 Å². The SMILES string of the molecule is CN=C(Cc1ccc(F)c(C(F)(F)F)c1)C(C)C. The predicted molar refractivity (Wildman–Crippen MR) is 63.3 cm³/mol. The molecule has 1 rings (SSSR count). The van der Waals surface area contributed by atoms with E-state index in [1.54, 1.807) is 7.05 Å². The van der Waals surface area contributed by atoms with Gasteiger partial charge in [-0.15, -0.1) is 0 Å². The fourth-order valence-corrected chi connectivity index (χ4v) is 1.65. The molecule has 5 heteroatoms. The number of halogens is 4. The molecule has 0 fully saturated rings. The summed E-state index contributed by atoms with van der Waals surface area (Å²) < 4.78 is 50.7. The smallest absolute Gasteiger partial charge is 0.297 e. The van der Waals surface area contributed by atoms with Crippen molar-refractivity contribution in [3.63, 3.8) is 0 Å². The van der Waals surface area contributed by atoms with Crippen LogP contribution >= 0.6 is 0 Å². The van der Waals surface area contributed by atoms with Gasteiger partial charge in [-0.3, -0.25) is 4.99 Å². The molecule has 0 saturated heterocycles. The van der Waals surface area contributed by atoms with Crippen molar-refractivity contribution >= 4 is 5.71 Å². The van der Waals surface area contributed by atoms with Crippen LogP contribution in [0.15, 0.2) is 23.2 Å². The van der Waals surface area contributed by atoms with Crippen molar-refractivity contribution in [3.8, 4) is 0 Å². The Morgan fingerprint density at radius 1 is 1.28 bits per heavy atom. The highest BCUT2D eigenvalue weighted by Gasteiger charge is 2.34. The Balaban J connectivity index is 3.07.